The molecule has 1 saturated heterocycles. The Morgan fingerprint density at radius 1 is 1.12 bits per heavy atom. The van der Waals surface area contributed by atoms with E-state index in [2.05, 4.69) is 44.5 Å². The molecule has 174 valence electrons. The first kappa shape index (κ1) is 24.9. The molecule has 1 aromatic carbocycles. The van der Waals surface area contributed by atoms with Crippen molar-refractivity contribution in [3.63, 3.8) is 0 Å². The summed E-state index contributed by atoms with van der Waals surface area (Å²) in [5, 5.41) is 8.80. The predicted molar refractivity (Wildman–Crippen MR) is 129 cm³/mol. The highest BCUT2D eigenvalue weighted by molar-refractivity contribution is 9.10. The molecule has 1 aliphatic heterocycles. The van der Waals surface area contributed by atoms with E-state index in [4.69, 9.17) is 19.3 Å². The molecule has 7 heteroatoms. The molecule has 3 rings (SSSR count). The molecule has 1 fully saturated rings. The Kier molecular flexibility index (Phi) is 9.90. The van der Waals surface area contributed by atoms with Crippen molar-refractivity contribution in [2.75, 3.05) is 46.1 Å². The fourth-order valence-corrected chi connectivity index (χ4v) is 3.98. The summed E-state index contributed by atoms with van der Waals surface area (Å²) in [5.74, 6) is 13.3. The number of carboxylic acid groups (broad SMARTS) is 1. The van der Waals surface area contributed by atoms with Gasteiger partial charge in [-0.1, -0.05) is 46.5 Å². The van der Waals surface area contributed by atoms with Gasteiger partial charge in [0.1, 0.15) is 12.4 Å². The van der Waals surface area contributed by atoms with E-state index in [1.165, 1.54) is 0 Å². The smallest absolute Gasteiger partial charge is 0.341 e. The van der Waals surface area contributed by atoms with Crippen molar-refractivity contribution in [1.29, 1.82) is 0 Å². The van der Waals surface area contributed by atoms with Gasteiger partial charge in [0.25, 0.3) is 0 Å². The van der Waals surface area contributed by atoms with Crippen LogP contribution in [0.1, 0.15) is 37.3 Å². The van der Waals surface area contributed by atoms with E-state index in [0.29, 0.717) is 12.8 Å². The third kappa shape index (κ3) is 8.63. The van der Waals surface area contributed by atoms with Crippen LogP contribution in [-0.2, 0) is 19.0 Å². The van der Waals surface area contributed by atoms with Gasteiger partial charge in [0.2, 0.25) is 0 Å². The second-order valence-electron chi connectivity index (χ2n) is 7.60. The summed E-state index contributed by atoms with van der Waals surface area (Å²) < 4.78 is 17.5. The minimum Gasteiger partial charge on any atom is -0.486 e. The summed E-state index contributed by atoms with van der Waals surface area (Å²) >= 11 is 3.54. The molecule has 1 N–H and O–H groups in total. The highest BCUT2D eigenvalue weighted by Crippen LogP contribution is 2.27. The van der Waals surface area contributed by atoms with Crippen LogP contribution in [0.3, 0.4) is 0 Å². The molecule has 1 heterocycles. The van der Waals surface area contributed by atoms with Gasteiger partial charge in [0.05, 0.1) is 25.5 Å². The van der Waals surface area contributed by atoms with E-state index < -0.39 is 5.97 Å². The molecule has 0 spiro atoms. The quantitative estimate of drug-likeness (QED) is 0.557. The highest BCUT2D eigenvalue weighted by Gasteiger charge is 2.15. The summed E-state index contributed by atoms with van der Waals surface area (Å²) in [4.78, 5) is 13.0. The molecule has 2 aliphatic rings. The standard InChI is InChI=1S/C26H28BrNO5/c1-2-22-18-24(7-8-25(22)33-19-26(29)30)32-12-4-6-21-15-20(16-23(27)17-21)5-3-9-28-10-13-31-14-11-28/h15-18H,2,7-14,19H2,1H3,(H,29,30). The Labute approximate surface area is 203 Å². The normalized spacial score (nSPS) is 16.1. The molecule has 0 bridgehead atoms. The zero-order valence-corrected chi connectivity index (χ0v) is 20.4. The van der Waals surface area contributed by atoms with Crippen molar-refractivity contribution >= 4 is 21.9 Å². The zero-order chi connectivity index (χ0) is 23.5. The van der Waals surface area contributed by atoms with Gasteiger partial charge in [-0.15, -0.1) is 0 Å². The number of carboxylic acids is 1. The van der Waals surface area contributed by atoms with Crippen LogP contribution >= 0.6 is 15.9 Å². The number of halogens is 1. The van der Waals surface area contributed by atoms with Gasteiger partial charge in [-0.3, -0.25) is 4.90 Å². The van der Waals surface area contributed by atoms with Crippen LogP contribution in [0.15, 0.2) is 45.8 Å². The van der Waals surface area contributed by atoms with E-state index in [9.17, 15) is 4.79 Å². The van der Waals surface area contributed by atoms with Gasteiger partial charge in [0, 0.05) is 41.5 Å². The molecule has 0 aromatic heterocycles. The number of allylic oxidation sites excluding steroid dienone is 4. The van der Waals surface area contributed by atoms with Crippen molar-refractivity contribution in [2.24, 2.45) is 0 Å². The van der Waals surface area contributed by atoms with Crippen LogP contribution in [0.5, 0.6) is 0 Å². The molecule has 33 heavy (non-hydrogen) atoms. The summed E-state index contributed by atoms with van der Waals surface area (Å²) in [6.07, 6.45) is 3.98. The third-order valence-corrected chi connectivity index (χ3v) is 5.60. The summed E-state index contributed by atoms with van der Waals surface area (Å²) in [5.41, 5.74) is 2.77. The second-order valence-corrected chi connectivity index (χ2v) is 8.52. The number of rotatable bonds is 7. The Morgan fingerprint density at radius 3 is 2.55 bits per heavy atom. The largest absolute Gasteiger partial charge is 0.486 e. The fourth-order valence-electron chi connectivity index (χ4n) is 3.48. The number of benzene rings is 1. The third-order valence-electron chi connectivity index (χ3n) is 5.14. The molecule has 0 amide bonds. The van der Waals surface area contributed by atoms with Gasteiger partial charge in [-0.25, -0.2) is 4.79 Å². The molecular weight excluding hydrogens is 486 g/mol. The van der Waals surface area contributed by atoms with Crippen molar-refractivity contribution in [2.45, 2.75) is 26.2 Å². The molecule has 0 atom stereocenters. The van der Waals surface area contributed by atoms with E-state index in [1.54, 1.807) is 0 Å². The maximum absolute atomic E-state index is 10.7. The fraction of sp³-hybridized carbons (Fsp3) is 0.423. The van der Waals surface area contributed by atoms with E-state index in [-0.39, 0.29) is 13.2 Å². The zero-order valence-electron chi connectivity index (χ0n) is 18.8. The lowest BCUT2D eigenvalue weighted by Gasteiger charge is -2.24. The van der Waals surface area contributed by atoms with E-state index in [0.717, 1.165) is 72.0 Å². The Hall–Kier alpha value is -2.71. The van der Waals surface area contributed by atoms with Crippen molar-refractivity contribution < 1.29 is 24.1 Å². The number of nitrogens with zero attached hydrogens (tertiary/aromatic N) is 1. The lowest BCUT2D eigenvalue weighted by atomic mass is 10.0. The summed E-state index contributed by atoms with van der Waals surface area (Å²) in [6, 6.07) is 5.93. The number of aliphatic carboxylic acids is 1. The number of ether oxygens (including phenoxy) is 3. The monoisotopic (exact) mass is 513 g/mol. The van der Waals surface area contributed by atoms with Crippen molar-refractivity contribution in [3.05, 3.63) is 57.0 Å². The van der Waals surface area contributed by atoms with Gasteiger partial charge in [-0.2, -0.15) is 0 Å². The van der Waals surface area contributed by atoms with Crippen LogP contribution < -0.4 is 0 Å². The van der Waals surface area contributed by atoms with E-state index >= 15 is 0 Å². The summed E-state index contributed by atoms with van der Waals surface area (Å²) in [6.45, 7) is 6.09. The Morgan fingerprint density at radius 2 is 1.85 bits per heavy atom. The maximum Gasteiger partial charge on any atom is 0.341 e. The minimum atomic E-state index is -0.974. The maximum atomic E-state index is 10.7. The molecule has 1 aromatic rings. The number of hydrogen-bond donors (Lipinski definition) is 1. The Bertz CT molecular complexity index is 1030. The molecule has 0 unspecified atom stereocenters. The number of hydrogen-bond acceptors (Lipinski definition) is 5. The number of carbonyl (C=O) groups is 1. The van der Waals surface area contributed by atoms with Crippen LogP contribution in [0, 0.1) is 23.7 Å². The lowest BCUT2D eigenvalue weighted by molar-refractivity contribution is -0.140. The SMILES string of the molecule is CCC1=C(OCC(=O)O)CCC(OCC#Cc2cc(Br)cc(C#CCN3CCOCC3)c2)=C1. The van der Waals surface area contributed by atoms with Crippen molar-refractivity contribution in [3.8, 4) is 23.7 Å². The van der Waals surface area contributed by atoms with Gasteiger partial charge in [-0.05, 0) is 36.3 Å². The van der Waals surface area contributed by atoms with Crippen molar-refractivity contribution in [1.82, 2.24) is 4.90 Å². The minimum absolute atomic E-state index is 0.276. The predicted octanol–water partition coefficient (Wildman–Crippen LogP) is 3.94. The van der Waals surface area contributed by atoms with Gasteiger partial charge >= 0.3 is 5.97 Å². The molecule has 0 saturated carbocycles. The van der Waals surface area contributed by atoms with Crippen LogP contribution in [0.4, 0.5) is 0 Å². The average Bonchev–Trinajstić information content (AvgIpc) is 2.81. The number of morpholine rings is 1. The second kappa shape index (κ2) is 13.1. The molecule has 6 nitrogen and oxygen atoms in total. The first-order valence-corrected chi connectivity index (χ1v) is 11.8. The highest BCUT2D eigenvalue weighted by atomic mass is 79.9. The first-order chi connectivity index (χ1) is 16.0. The van der Waals surface area contributed by atoms with Crippen LogP contribution in [0.2, 0.25) is 0 Å². The van der Waals surface area contributed by atoms with E-state index in [1.807, 2.05) is 31.2 Å². The topological polar surface area (TPSA) is 68.2 Å². The lowest BCUT2D eigenvalue weighted by Crippen LogP contribution is -2.36. The molecule has 0 radical (unpaired) electrons. The Balaban J connectivity index is 1.55. The summed E-state index contributed by atoms with van der Waals surface area (Å²) in [7, 11) is 0. The van der Waals surface area contributed by atoms with Gasteiger partial charge < -0.3 is 19.3 Å². The molecular formula is C26H28BrNO5. The van der Waals surface area contributed by atoms with Crippen LogP contribution in [-0.4, -0.2) is 62.0 Å². The van der Waals surface area contributed by atoms with Crippen LogP contribution in [0.25, 0.3) is 0 Å². The van der Waals surface area contributed by atoms with Gasteiger partial charge in [0.15, 0.2) is 6.61 Å². The average molecular weight is 514 g/mol. The molecule has 1 aliphatic carbocycles. The first-order valence-electron chi connectivity index (χ1n) is 11.0.